The molecule has 0 aromatic heterocycles. The molecule has 0 bridgehead atoms. The number of hydrogen-bond donors (Lipinski definition) is 0. The zero-order valence-corrected chi connectivity index (χ0v) is 6.32. The van der Waals surface area contributed by atoms with Gasteiger partial charge in [-0.2, -0.15) is 11.8 Å². The van der Waals surface area contributed by atoms with Crippen molar-refractivity contribution in [3.63, 3.8) is 0 Å². The quantitative estimate of drug-likeness (QED) is 0.495. The van der Waals surface area contributed by atoms with Crippen LogP contribution >= 0.6 is 11.8 Å². The number of thioether (sulfide) groups is 1. The lowest BCUT2D eigenvalue weighted by atomic mass is 10.4. The van der Waals surface area contributed by atoms with Crippen LogP contribution in [0.3, 0.4) is 0 Å². The first-order valence-electron chi connectivity index (χ1n) is 2.96. The maximum absolute atomic E-state index is 10.9. The summed E-state index contributed by atoms with van der Waals surface area (Å²) in [5.41, 5.74) is 0. The van der Waals surface area contributed by atoms with Gasteiger partial charge in [-0.25, -0.2) is 0 Å². The molecule has 1 heterocycles. The van der Waals surface area contributed by atoms with Gasteiger partial charge in [-0.15, -0.1) is 0 Å². The maximum Gasteiger partial charge on any atom is 0.239 e. The minimum atomic E-state index is -0.384. The number of imide groups is 1. The Balaban J connectivity index is 2.56. The lowest BCUT2D eigenvalue weighted by Gasteiger charge is -2.22. The Morgan fingerprint density at radius 3 is 2.80 bits per heavy atom. The largest absolute Gasteiger partial charge is 0.281 e. The van der Waals surface area contributed by atoms with Gasteiger partial charge in [-0.05, 0) is 0 Å². The molecule has 10 heavy (non-hydrogen) atoms. The van der Waals surface area contributed by atoms with Gasteiger partial charge >= 0.3 is 0 Å². The first kappa shape index (κ1) is 7.60. The van der Waals surface area contributed by atoms with E-state index in [1.807, 2.05) is 0 Å². The van der Waals surface area contributed by atoms with E-state index in [0.29, 0.717) is 12.3 Å². The van der Waals surface area contributed by atoms with E-state index in [0.717, 1.165) is 5.75 Å². The molecule has 4 heteroatoms. The van der Waals surface area contributed by atoms with Crippen LogP contribution in [-0.2, 0) is 9.59 Å². The van der Waals surface area contributed by atoms with Gasteiger partial charge in [-0.3, -0.25) is 14.5 Å². The number of nitrogens with zero attached hydrogens (tertiary/aromatic N) is 1. The smallest absolute Gasteiger partial charge is 0.239 e. The molecule has 0 spiro atoms. The first-order chi connectivity index (χ1) is 4.72. The Bertz CT molecular complexity index is 169. The van der Waals surface area contributed by atoms with Crippen molar-refractivity contribution in [1.82, 2.24) is 4.90 Å². The second-order valence-corrected chi connectivity index (χ2v) is 3.10. The van der Waals surface area contributed by atoms with Crippen LogP contribution in [0.4, 0.5) is 0 Å². The normalized spacial score (nSPS) is 19.3. The molecular formula is C6H8NO2S. The predicted octanol–water partition coefficient (Wildman–Crippen LogP) is -0.0775. The molecule has 0 aromatic carbocycles. The molecule has 0 atom stereocenters. The fraction of sp³-hybridized carbons (Fsp3) is 0.500. The van der Waals surface area contributed by atoms with E-state index in [1.165, 1.54) is 4.90 Å². The third-order valence-electron chi connectivity index (χ3n) is 1.29. The van der Waals surface area contributed by atoms with Crippen LogP contribution in [0.25, 0.3) is 0 Å². The molecule has 0 N–H and O–H groups in total. The van der Waals surface area contributed by atoms with E-state index >= 15 is 0 Å². The second-order valence-electron chi connectivity index (χ2n) is 1.99. The van der Waals surface area contributed by atoms with Crippen molar-refractivity contribution in [2.45, 2.75) is 0 Å². The molecule has 0 aliphatic carbocycles. The van der Waals surface area contributed by atoms with Gasteiger partial charge in [0, 0.05) is 19.2 Å². The van der Waals surface area contributed by atoms with Gasteiger partial charge in [-0.1, -0.05) is 0 Å². The first-order valence-corrected chi connectivity index (χ1v) is 4.11. The number of carbonyl (C=O) groups excluding carboxylic acids is 2. The molecule has 1 rings (SSSR count). The Hall–Kier alpha value is -0.510. The highest BCUT2D eigenvalue weighted by molar-refractivity contribution is 8.00. The summed E-state index contributed by atoms with van der Waals surface area (Å²) in [4.78, 5) is 22.7. The SMILES string of the molecule is [CH2]C(=O)N1CCSCC1=O. The van der Waals surface area contributed by atoms with Crippen LogP contribution in [0.2, 0.25) is 0 Å². The van der Waals surface area contributed by atoms with Crippen molar-refractivity contribution < 1.29 is 9.59 Å². The summed E-state index contributed by atoms with van der Waals surface area (Å²) >= 11 is 1.55. The molecule has 1 aliphatic heterocycles. The monoisotopic (exact) mass is 158 g/mol. The highest BCUT2D eigenvalue weighted by Gasteiger charge is 2.21. The summed E-state index contributed by atoms with van der Waals surface area (Å²) < 4.78 is 0. The number of hydrogen-bond acceptors (Lipinski definition) is 3. The third-order valence-corrected chi connectivity index (χ3v) is 2.21. The van der Waals surface area contributed by atoms with Crippen LogP contribution in [0.1, 0.15) is 0 Å². The minimum absolute atomic E-state index is 0.115. The molecule has 3 nitrogen and oxygen atoms in total. The predicted molar refractivity (Wildman–Crippen MR) is 39.4 cm³/mol. The molecule has 0 unspecified atom stereocenters. The fourth-order valence-corrected chi connectivity index (χ4v) is 1.57. The lowest BCUT2D eigenvalue weighted by Crippen LogP contribution is -2.41. The molecule has 1 aliphatic rings. The molecular weight excluding hydrogens is 150 g/mol. The summed E-state index contributed by atoms with van der Waals surface area (Å²) in [6.07, 6.45) is 0. The number of carbonyl (C=O) groups is 2. The molecule has 1 radical (unpaired) electrons. The summed E-state index contributed by atoms with van der Waals surface area (Å²) in [5.74, 6) is 0.760. The van der Waals surface area contributed by atoms with Gasteiger partial charge in [0.25, 0.3) is 0 Å². The summed E-state index contributed by atoms with van der Waals surface area (Å²) in [7, 11) is 0. The Morgan fingerprint density at radius 2 is 2.40 bits per heavy atom. The van der Waals surface area contributed by atoms with E-state index < -0.39 is 0 Å². The van der Waals surface area contributed by atoms with Gasteiger partial charge < -0.3 is 0 Å². The molecule has 0 saturated carbocycles. The van der Waals surface area contributed by atoms with Crippen LogP contribution in [-0.4, -0.2) is 34.8 Å². The number of amides is 2. The van der Waals surface area contributed by atoms with Gasteiger partial charge in [0.05, 0.1) is 5.75 Å². The second kappa shape index (κ2) is 3.05. The summed E-state index contributed by atoms with van der Waals surface area (Å²) in [6.45, 7) is 3.69. The van der Waals surface area contributed by atoms with Crippen LogP contribution < -0.4 is 0 Å². The van der Waals surface area contributed by atoms with E-state index in [-0.39, 0.29) is 11.8 Å². The Morgan fingerprint density at radius 1 is 1.70 bits per heavy atom. The molecule has 1 saturated heterocycles. The Labute approximate surface area is 63.8 Å². The molecule has 1 fully saturated rings. The molecule has 55 valence electrons. The molecule has 0 aromatic rings. The van der Waals surface area contributed by atoms with E-state index in [2.05, 4.69) is 6.92 Å². The maximum atomic E-state index is 10.9. The van der Waals surface area contributed by atoms with Crippen molar-refractivity contribution in [2.75, 3.05) is 18.1 Å². The minimum Gasteiger partial charge on any atom is -0.281 e. The lowest BCUT2D eigenvalue weighted by molar-refractivity contribution is -0.140. The highest BCUT2D eigenvalue weighted by atomic mass is 32.2. The standard InChI is InChI=1S/C6H8NO2S/c1-5(8)7-2-3-10-4-6(7)9/h1-4H2. The van der Waals surface area contributed by atoms with Gasteiger partial charge in [0.1, 0.15) is 0 Å². The Kier molecular flexibility index (Phi) is 2.32. The topological polar surface area (TPSA) is 37.4 Å². The van der Waals surface area contributed by atoms with Crippen molar-refractivity contribution in [3.8, 4) is 0 Å². The van der Waals surface area contributed by atoms with Crippen molar-refractivity contribution in [1.29, 1.82) is 0 Å². The zero-order valence-electron chi connectivity index (χ0n) is 5.50. The van der Waals surface area contributed by atoms with E-state index in [9.17, 15) is 9.59 Å². The van der Waals surface area contributed by atoms with E-state index in [4.69, 9.17) is 0 Å². The third kappa shape index (κ3) is 1.50. The van der Waals surface area contributed by atoms with E-state index in [1.54, 1.807) is 11.8 Å². The molecule has 2 amide bonds. The average molecular weight is 158 g/mol. The average Bonchev–Trinajstić information content (AvgIpc) is 1.88. The van der Waals surface area contributed by atoms with Crippen LogP contribution in [0, 0.1) is 6.92 Å². The van der Waals surface area contributed by atoms with Crippen molar-refractivity contribution in [3.05, 3.63) is 6.92 Å². The van der Waals surface area contributed by atoms with Crippen LogP contribution in [0.5, 0.6) is 0 Å². The summed E-state index contributed by atoms with van der Waals surface area (Å²) in [6, 6.07) is 0. The van der Waals surface area contributed by atoms with Gasteiger partial charge in [0.15, 0.2) is 0 Å². The van der Waals surface area contributed by atoms with Gasteiger partial charge in [0.2, 0.25) is 11.8 Å². The zero-order chi connectivity index (χ0) is 7.56. The summed E-state index contributed by atoms with van der Waals surface area (Å²) in [5, 5.41) is 0. The fourth-order valence-electron chi connectivity index (χ4n) is 0.782. The van der Waals surface area contributed by atoms with Crippen LogP contribution in [0.15, 0.2) is 0 Å². The highest BCUT2D eigenvalue weighted by Crippen LogP contribution is 2.09. The van der Waals surface area contributed by atoms with Crippen molar-refractivity contribution >= 4 is 23.6 Å². The van der Waals surface area contributed by atoms with Crippen molar-refractivity contribution in [2.24, 2.45) is 0 Å². The number of rotatable bonds is 0.